The maximum absolute atomic E-state index is 2.75. The maximum atomic E-state index is 2.75. The van der Waals surface area contributed by atoms with Crippen molar-refractivity contribution in [3.05, 3.63) is 41.0 Å². The smallest absolute Gasteiger partial charge is 0.107 e. The summed E-state index contributed by atoms with van der Waals surface area (Å²) in [7, 11) is -0.868. The van der Waals surface area contributed by atoms with Crippen molar-refractivity contribution in [3.8, 4) is 0 Å². The fraction of sp³-hybridized carbons (Fsp3) is 0.500. The van der Waals surface area contributed by atoms with Gasteiger partial charge in [-0.1, -0.05) is 49.0 Å². The van der Waals surface area contributed by atoms with Gasteiger partial charge in [-0.2, -0.15) is 0 Å². The lowest BCUT2D eigenvalue weighted by Crippen LogP contribution is -2.50. The fourth-order valence-electron chi connectivity index (χ4n) is 3.29. The van der Waals surface area contributed by atoms with Crippen molar-refractivity contribution in [3.63, 3.8) is 0 Å². The van der Waals surface area contributed by atoms with Gasteiger partial charge in [0.1, 0.15) is 8.96 Å². The van der Waals surface area contributed by atoms with E-state index in [4.69, 9.17) is 0 Å². The molecule has 18 heavy (non-hydrogen) atoms. The van der Waals surface area contributed by atoms with E-state index in [1.807, 2.05) is 0 Å². The molecule has 2 rings (SSSR count). The van der Waals surface area contributed by atoms with Crippen LogP contribution in [0, 0.1) is 0 Å². The first kappa shape index (κ1) is 13.6. The predicted molar refractivity (Wildman–Crippen MR) is 83.3 cm³/mol. The first-order chi connectivity index (χ1) is 8.32. The number of fused-ring (bicyclic) bond motifs is 1. The second kappa shape index (κ2) is 4.67. The third-order valence-corrected chi connectivity index (χ3v) is 5.90. The van der Waals surface area contributed by atoms with Gasteiger partial charge in [-0.15, -0.1) is 0 Å². The Balaban J connectivity index is 2.47. The lowest BCUT2D eigenvalue weighted by Gasteiger charge is -2.44. The summed E-state index contributed by atoms with van der Waals surface area (Å²) in [5, 5.41) is 0. The first-order valence-electron chi connectivity index (χ1n) is 6.88. The average Bonchev–Trinajstić information content (AvgIpc) is 2.54. The predicted octanol–water partition coefficient (Wildman–Crippen LogP) is 4.23. The van der Waals surface area contributed by atoms with Gasteiger partial charge in [-0.3, -0.25) is 0 Å². The molecule has 0 aliphatic heterocycles. The van der Waals surface area contributed by atoms with Gasteiger partial charge >= 0.3 is 0 Å². The van der Waals surface area contributed by atoms with Crippen LogP contribution in [-0.4, -0.2) is 19.1 Å². The van der Waals surface area contributed by atoms with Gasteiger partial charge in [0, 0.05) is 5.54 Å². The van der Waals surface area contributed by atoms with Crippen molar-refractivity contribution in [1.29, 1.82) is 0 Å². The van der Waals surface area contributed by atoms with Crippen molar-refractivity contribution in [2.24, 2.45) is 0 Å². The zero-order valence-corrected chi connectivity index (χ0v) is 13.6. The molecule has 1 aliphatic carbocycles. The van der Waals surface area contributed by atoms with E-state index in [-0.39, 0.29) is 5.54 Å². The van der Waals surface area contributed by atoms with Gasteiger partial charge < -0.3 is 4.57 Å². The van der Waals surface area contributed by atoms with Crippen molar-refractivity contribution in [2.45, 2.75) is 52.4 Å². The Hall–Kier alpha value is -0.863. The molecule has 1 aromatic carbocycles. The number of hydrogen-bond acceptors (Lipinski definition) is 1. The van der Waals surface area contributed by atoms with Crippen molar-refractivity contribution in [2.75, 3.05) is 0 Å². The van der Waals surface area contributed by atoms with Crippen LogP contribution in [0.2, 0.25) is 13.1 Å². The molecule has 0 spiro atoms. The van der Waals surface area contributed by atoms with Gasteiger partial charge in [0.15, 0.2) is 0 Å². The van der Waals surface area contributed by atoms with Crippen molar-refractivity contribution >= 4 is 15.0 Å². The highest BCUT2D eigenvalue weighted by atomic mass is 28.3. The van der Waals surface area contributed by atoms with Gasteiger partial charge in [0.2, 0.25) is 0 Å². The van der Waals surface area contributed by atoms with Crippen LogP contribution in [-0.2, 0) is 0 Å². The summed E-state index contributed by atoms with van der Waals surface area (Å²) in [5.74, 6) is 0. The summed E-state index contributed by atoms with van der Waals surface area (Å²) in [6.45, 7) is 14.2. The lowest BCUT2D eigenvalue weighted by atomic mass is 10.00. The summed E-state index contributed by atoms with van der Waals surface area (Å²) < 4.78 is 2.75. The SMILES string of the molecule is CC1=Cc2ccccc2C1N([SiH](C)C)C(C)(C)C. The molecule has 2 heteroatoms. The minimum absolute atomic E-state index is 0.234. The van der Waals surface area contributed by atoms with E-state index in [0.717, 1.165) is 0 Å². The van der Waals surface area contributed by atoms with Gasteiger partial charge in [0.25, 0.3) is 0 Å². The second-order valence-corrected chi connectivity index (χ2v) is 9.34. The fourth-order valence-corrected chi connectivity index (χ4v) is 5.83. The standard InChI is InChI=1S/C16H25NSi/c1-12-11-13-9-7-8-10-14(13)15(12)17(18(5)6)16(2,3)4/h7-11,15,18H,1-6H3. The molecule has 1 nitrogen and oxygen atoms in total. The van der Waals surface area contributed by atoms with E-state index in [0.29, 0.717) is 6.04 Å². The van der Waals surface area contributed by atoms with E-state index >= 15 is 0 Å². The topological polar surface area (TPSA) is 3.24 Å². The van der Waals surface area contributed by atoms with E-state index in [2.05, 4.69) is 75.7 Å². The first-order valence-corrected chi connectivity index (χ1v) is 9.70. The molecule has 0 fully saturated rings. The molecular formula is C16H25NSi. The zero-order chi connectivity index (χ0) is 13.5. The van der Waals surface area contributed by atoms with Crippen molar-refractivity contribution in [1.82, 2.24) is 4.57 Å². The van der Waals surface area contributed by atoms with E-state index < -0.39 is 8.96 Å². The van der Waals surface area contributed by atoms with Gasteiger partial charge in [0.05, 0.1) is 6.04 Å². The van der Waals surface area contributed by atoms with Crippen LogP contribution in [0.5, 0.6) is 0 Å². The average molecular weight is 259 g/mol. The van der Waals surface area contributed by atoms with Crippen LogP contribution in [0.1, 0.15) is 44.9 Å². The third kappa shape index (κ3) is 2.32. The molecule has 0 heterocycles. The maximum Gasteiger partial charge on any atom is 0.107 e. The lowest BCUT2D eigenvalue weighted by molar-refractivity contribution is 0.209. The van der Waals surface area contributed by atoms with E-state index in [1.54, 1.807) is 0 Å². The summed E-state index contributed by atoms with van der Waals surface area (Å²) in [4.78, 5) is 0. The molecule has 0 saturated carbocycles. The Morgan fingerprint density at radius 2 is 1.72 bits per heavy atom. The van der Waals surface area contributed by atoms with Gasteiger partial charge in [-0.25, -0.2) is 0 Å². The molecule has 0 aromatic heterocycles. The Kier molecular flexibility index (Phi) is 3.52. The van der Waals surface area contributed by atoms with Crippen LogP contribution >= 0.6 is 0 Å². The van der Waals surface area contributed by atoms with E-state index in [9.17, 15) is 0 Å². The van der Waals surface area contributed by atoms with Crippen LogP contribution in [0.4, 0.5) is 0 Å². The molecule has 0 saturated heterocycles. The summed E-state index contributed by atoms with van der Waals surface area (Å²) >= 11 is 0. The Labute approximate surface area is 113 Å². The Morgan fingerprint density at radius 1 is 1.11 bits per heavy atom. The Morgan fingerprint density at radius 3 is 2.28 bits per heavy atom. The molecule has 0 N–H and O–H groups in total. The second-order valence-electron chi connectivity index (χ2n) is 6.59. The van der Waals surface area contributed by atoms with E-state index in [1.165, 1.54) is 16.7 Å². The van der Waals surface area contributed by atoms with Crippen molar-refractivity contribution < 1.29 is 0 Å². The number of rotatable bonds is 2. The monoisotopic (exact) mass is 259 g/mol. The highest BCUT2D eigenvalue weighted by Gasteiger charge is 2.36. The Bertz CT molecular complexity index is 468. The molecule has 1 unspecified atom stereocenters. The molecule has 0 bridgehead atoms. The largest absolute Gasteiger partial charge is 0.312 e. The highest BCUT2D eigenvalue weighted by molar-refractivity contribution is 6.53. The zero-order valence-electron chi connectivity index (χ0n) is 12.5. The number of nitrogens with zero attached hydrogens (tertiary/aromatic N) is 1. The quantitative estimate of drug-likeness (QED) is 0.719. The minimum atomic E-state index is -0.868. The number of hydrogen-bond donors (Lipinski definition) is 0. The summed E-state index contributed by atoms with van der Waals surface area (Å²) in [6, 6.07) is 9.33. The van der Waals surface area contributed by atoms with Gasteiger partial charge in [-0.05, 0) is 38.8 Å². The minimum Gasteiger partial charge on any atom is -0.312 e. The third-order valence-electron chi connectivity index (χ3n) is 3.71. The van der Waals surface area contributed by atoms with Crippen LogP contribution < -0.4 is 0 Å². The summed E-state index contributed by atoms with van der Waals surface area (Å²) in [6.07, 6.45) is 2.36. The molecular weight excluding hydrogens is 234 g/mol. The van der Waals surface area contributed by atoms with Crippen LogP contribution in [0.15, 0.2) is 29.8 Å². The summed E-state index contributed by atoms with van der Waals surface area (Å²) in [5.41, 5.74) is 4.62. The molecule has 1 aromatic rings. The molecule has 1 atom stereocenters. The van der Waals surface area contributed by atoms with Crippen LogP contribution in [0.25, 0.3) is 6.08 Å². The molecule has 0 amide bonds. The molecule has 98 valence electrons. The number of benzene rings is 1. The highest BCUT2D eigenvalue weighted by Crippen LogP contribution is 2.41. The van der Waals surface area contributed by atoms with Crippen LogP contribution in [0.3, 0.4) is 0 Å². The molecule has 0 radical (unpaired) electrons. The molecule has 1 aliphatic rings. The normalized spacial score (nSPS) is 19.3.